The Kier molecular flexibility index (Phi) is 3.84. The van der Waals surface area contributed by atoms with Crippen molar-refractivity contribution >= 4 is 11.7 Å². The van der Waals surface area contributed by atoms with E-state index >= 15 is 0 Å². The molecule has 1 aromatic rings. The Balaban J connectivity index is 2.16. The molecule has 5 heteroatoms. The fraction of sp³-hybridized carbons (Fsp3) is 0.462. The van der Waals surface area contributed by atoms with Gasteiger partial charge in [0.25, 0.3) is 0 Å². The minimum absolute atomic E-state index is 0.00719. The standard InChI is InChI=1S/C13H18N2O3/c1-18-12-8-15(6-5-11(12)14)10-4-2-3-9(7-10)13(16)17/h2-4,7,11-12H,5-6,8,14H2,1H3,(H,16,17)/t11-,12+/m1/s1. The Morgan fingerprint density at radius 1 is 1.56 bits per heavy atom. The minimum Gasteiger partial charge on any atom is -0.478 e. The normalized spacial score (nSPS) is 24.0. The van der Waals surface area contributed by atoms with Crippen LogP contribution in [0.15, 0.2) is 24.3 Å². The van der Waals surface area contributed by atoms with Crippen molar-refractivity contribution in [3.8, 4) is 0 Å². The van der Waals surface area contributed by atoms with Crippen LogP contribution in [0.25, 0.3) is 0 Å². The molecule has 0 spiro atoms. The number of piperidine rings is 1. The zero-order valence-corrected chi connectivity index (χ0v) is 10.4. The molecular formula is C13H18N2O3. The molecule has 0 unspecified atom stereocenters. The summed E-state index contributed by atoms with van der Waals surface area (Å²) in [5.41, 5.74) is 7.17. The summed E-state index contributed by atoms with van der Waals surface area (Å²) in [5, 5.41) is 8.98. The van der Waals surface area contributed by atoms with Crippen molar-refractivity contribution in [2.75, 3.05) is 25.1 Å². The maximum atomic E-state index is 10.9. The quantitative estimate of drug-likeness (QED) is 0.835. The lowest BCUT2D eigenvalue weighted by atomic mass is 10.0. The minimum atomic E-state index is -0.908. The second kappa shape index (κ2) is 5.37. The number of nitrogens with zero attached hydrogens (tertiary/aromatic N) is 1. The number of carboxylic acids is 1. The number of hydrogen-bond donors (Lipinski definition) is 2. The summed E-state index contributed by atoms with van der Waals surface area (Å²) in [6.45, 7) is 1.52. The number of methoxy groups -OCH3 is 1. The zero-order valence-electron chi connectivity index (χ0n) is 10.4. The van der Waals surface area contributed by atoms with Crippen LogP contribution in [0, 0.1) is 0 Å². The van der Waals surface area contributed by atoms with Crippen LogP contribution in [-0.4, -0.2) is 43.4 Å². The molecule has 0 amide bonds. The molecule has 1 aromatic carbocycles. The first-order valence-electron chi connectivity index (χ1n) is 5.98. The van der Waals surface area contributed by atoms with E-state index in [4.69, 9.17) is 15.6 Å². The van der Waals surface area contributed by atoms with Gasteiger partial charge < -0.3 is 20.5 Å². The lowest BCUT2D eigenvalue weighted by Gasteiger charge is -2.37. The van der Waals surface area contributed by atoms with E-state index in [0.29, 0.717) is 12.1 Å². The number of hydrogen-bond acceptors (Lipinski definition) is 4. The van der Waals surface area contributed by atoms with Crippen molar-refractivity contribution in [1.82, 2.24) is 0 Å². The van der Waals surface area contributed by atoms with Crippen molar-refractivity contribution in [1.29, 1.82) is 0 Å². The van der Waals surface area contributed by atoms with E-state index < -0.39 is 5.97 Å². The molecule has 3 N–H and O–H groups in total. The van der Waals surface area contributed by atoms with Gasteiger partial charge in [-0.15, -0.1) is 0 Å². The number of carboxylic acid groups (broad SMARTS) is 1. The summed E-state index contributed by atoms with van der Waals surface area (Å²) < 4.78 is 5.35. The third-order valence-corrected chi connectivity index (χ3v) is 3.37. The van der Waals surface area contributed by atoms with Crippen molar-refractivity contribution in [3.05, 3.63) is 29.8 Å². The van der Waals surface area contributed by atoms with Gasteiger partial charge in [0.05, 0.1) is 11.7 Å². The van der Waals surface area contributed by atoms with E-state index in [-0.39, 0.29) is 12.1 Å². The molecule has 18 heavy (non-hydrogen) atoms. The Morgan fingerprint density at radius 3 is 3.00 bits per heavy atom. The van der Waals surface area contributed by atoms with Gasteiger partial charge in [-0.05, 0) is 24.6 Å². The first kappa shape index (κ1) is 12.9. The van der Waals surface area contributed by atoms with Gasteiger partial charge in [-0.3, -0.25) is 0 Å². The number of aromatic carboxylic acids is 1. The molecule has 98 valence electrons. The third-order valence-electron chi connectivity index (χ3n) is 3.37. The molecule has 1 saturated heterocycles. The lowest BCUT2D eigenvalue weighted by Crippen LogP contribution is -2.51. The molecule has 0 radical (unpaired) electrons. The third kappa shape index (κ3) is 2.63. The SMILES string of the molecule is CO[C@H]1CN(c2cccc(C(=O)O)c2)CC[C@H]1N. The number of anilines is 1. The van der Waals surface area contributed by atoms with Crippen LogP contribution in [0.3, 0.4) is 0 Å². The molecular weight excluding hydrogens is 232 g/mol. The van der Waals surface area contributed by atoms with Gasteiger partial charge in [0.1, 0.15) is 0 Å². The highest BCUT2D eigenvalue weighted by Gasteiger charge is 2.26. The second-order valence-corrected chi connectivity index (χ2v) is 4.53. The highest BCUT2D eigenvalue weighted by molar-refractivity contribution is 5.88. The van der Waals surface area contributed by atoms with Crippen LogP contribution in [0.2, 0.25) is 0 Å². The molecule has 0 saturated carbocycles. The van der Waals surface area contributed by atoms with Gasteiger partial charge in [0.2, 0.25) is 0 Å². The summed E-state index contributed by atoms with van der Waals surface area (Å²) >= 11 is 0. The van der Waals surface area contributed by atoms with E-state index in [1.54, 1.807) is 25.3 Å². The van der Waals surface area contributed by atoms with E-state index in [1.807, 2.05) is 6.07 Å². The van der Waals surface area contributed by atoms with E-state index in [9.17, 15) is 4.79 Å². The van der Waals surface area contributed by atoms with Gasteiger partial charge in [0, 0.05) is 31.9 Å². The number of rotatable bonds is 3. The second-order valence-electron chi connectivity index (χ2n) is 4.53. The van der Waals surface area contributed by atoms with Crippen molar-refractivity contribution in [3.63, 3.8) is 0 Å². The average Bonchev–Trinajstić information content (AvgIpc) is 2.39. The van der Waals surface area contributed by atoms with Gasteiger partial charge in [0.15, 0.2) is 0 Å². The van der Waals surface area contributed by atoms with Crippen molar-refractivity contribution < 1.29 is 14.6 Å². The summed E-state index contributed by atoms with van der Waals surface area (Å²) in [4.78, 5) is 13.1. The number of benzene rings is 1. The Labute approximate surface area is 106 Å². The Hall–Kier alpha value is -1.59. The summed E-state index contributed by atoms with van der Waals surface area (Å²) in [7, 11) is 1.65. The topological polar surface area (TPSA) is 75.8 Å². The first-order chi connectivity index (χ1) is 8.61. The predicted octanol–water partition coefficient (Wildman–Crippen LogP) is 0.937. The Bertz CT molecular complexity index is 436. The molecule has 1 heterocycles. The van der Waals surface area contributed by atoms with Crippen LogP contribution in [-0.2, 0) is 4.74 Å². The van der Waals surface area contributed by atoms with Crippen LogP contribution in [0.5, 0.6) is 0 Å². The van der Waals surface area contributed by atoms with Crippen LogP contribution in [0.1, 0.15) is 16.8 Å². The van der Waals surface area contributed by atoms with E-state index in [1.165, 1.54) is 0 Å². The maximum absolute atomic E-state index is 10.9. The molecule has 0 aliphatic carbocycles. The van der Waals surface area contributed by atoms with Crippen LogP contribution in [0.4, 0.5) is 5.69 Å². The molecule has 1 aliphatic heterocycles. The van der Waals surface area contributed by atoms with E-state index in [0.717, 1.165) is 18.7 Å². The monoisotopic (exact) mass is 250 g/mol. The van der Waals surface area contributed by atoms with Crippen LogP contribution < -0.4 is 10.6 Å². The zero-order chi connectivity index (χ0) is 13.1. The molecule has 1 aliphatic rings. The highest BCUT2D eigenvalue weighted by Crippen LogP contribution is 2.21. The fourth-order valence-corrected chi connectivity index (χ4v) is 2.25. The van der Waals surface area contributed by atoms with Crippen molar-refractivity contribution in [2.24, 2.45) is 5.73 Å². The van der Waals surface area contributed by atoms with Crippen LogP contribution >= 0.6 is 0 Å². The average molecular weight is 250 g/mol. The van der Waals surface area contributed by atoms with Crippen molar-refractivity contribution in [2.45, 2.75) is 18.6 Å². The highest BCUT2D eigenvalue weighted by atomic mass is 16.5. The summed E-state index contributed by atoms with van der Waals surface area (Å²) in [5.74, 6) is -0.908. The smallest absolute Gasteiger partial charge is 0.335 e. The fourth-order valence-electron chi connectivity index (χ4n) is 2.25. The van der Waals surface area contributed by atoms with Gasteiger partial charge >= 0.3 is 5.97 Å². The van der Waals surface area contributed by atoms with E-state index in [2.05, 4.69) is 4.90 Å². The summed E-state index contributed by atoms with van der Waals surface area (Å²) in [6.07, 6.45) is 0.836. The molecule has 2 rings (SSSR count). The predicted molar refractivity (Wildman–Crippen MR) is 69.0 cm³/mol. The molecule has 2 atom stereocenters. The maximum Gasteiger partial charge on any atom is 0.335 e. The summed E-state index contributed by atoms with van der Waals surface area (Å²) in [6, 6.07) is 7.00. The van der Waals surface area contributed by atoms with Gasteiger partial charge in [-0.25, -0.2) is 4.79 Å². The van der Waals surface area contributed by atoms with Gasteiger partial charge in [-0.1, -0.05) is 6.07 Å². The molecule has 0 aromatic heterocycles. The number of nitrogens with two attached hydrogens (primary N) is 1. The molecule has 5 nitrogen and oxygen atoms in total. The molecule has 0 bridgehead atoms. The first-order valence-corrected chi connectivity index (χ1v) is 5.98. The number of ether oxygens (including phenoxy) is 1. The van der Waals surface area contributed by atoms with Gasteiger partial charge in [-0.2, -0.15) is 0 Å². The lowest BCUT2D eigenvalue weighted by molar-refractivity contribution is 0.0696. The largest absolute Gasteiger partial charge is 0.478 e. The number of carbonyl (C=O) groups is 1. The molecule has 1 fully saturated rings. The Morgan fingerprint density at radius 2 is 2.33 bits per heavy atom.